The average Bonchev–Trinajstić information content (AvgIpc) is 2.27. The van der Waals surface area contributed by atoms with Crippen LogP contribution in [0.15, 0.2) is 10.9 Å². The van der Waals surface area contributed by atoms with Crippen LogP contribution in [0, 0.1) is 12.8 Å². The van der Waals surface area contributed by atoms with Gasteiger partial charge in [-0.2, -0.15) is 0 Å². The van der Waals surface area contributed by atoms with Crippen LogP contribution >= 0.6 is 0 Å². The fourth-order valence-corrected chi connectivity index (χ4v) is 2.35. The van der Waals surface area contributed by atoms with E-state index in [0.717, 1.165) is 13.0 Å². The first kappa shape index (κ1) is 13.2. The molecule has 0 amide bonds. The zero-order chi connectivity index (χ0) is 13.1. The summed E-state index contributed by atoms with van der Waals surface area (Å²) >= 11 is 0. The van der Waals surface area contributed by atoms with Crippen molar-refractivity contribution >= 4 is 0 Å². The lowest BCUT2D eigenvalue weighted by atomic mass is 9.95. The van der Waals surface area contributed by atoms with Crippen molar-refractivity contribution < 1.29 is 10.2 Å². The highest BCUT2D eigenvalue weighted by atomic mass is 16.3. The first-order chi connectivity index (χ1) is 8.58. The van der Waals surface area contributed by atoms with Crippen molar-refractivity contribution in [3.05, 3.63) is 27.9 Å². The molecule has 0 saturated carbocycles. The lowest BCUT2D eigenvalue weighted by Gasteiger charge is -2.34. The van der Waals surface area contributed by atoms with Crippen molar-refractivity contribution in [1.82, 2.24) is 14.9 Å². The van der Waals surface area contributed by atoms with E-state index in [0.29, 0.717) is 24.6 Å². The minimum Gasteiger partial charge on any atom is -0.396 e. The number of H-pyrrole nitrogens is 1. The van der Waals surface area contributed by atoms with Crippen LogP contribution in [0.3, 0.4) is 0 Å². The van der Waals surface area contributed by atoms with Gasteiger partial charge in [-0.3, -0.25) is 9.69 Å². The molecule has 0 spiro atoms. The molecule has 100 valence electrons. The van der Waals surface area contributed by atoms with E-state index >= 15 is 0 Å². The Labute approximate surface area is 105 Å². The first-order valence-corrected chi connectivity index (χ1v) is 6.16. The lowest BCUT2D eigenvalue weighted by molar-refractivity contribution is -0.00481. The Kier molecular flexibility index (Phi) is 4.11. The second kappa shape index (κ2) is 5.60. The molecule has 2 heterocycles. The van der Waals surface area contributed by atoms with E-state index in [4.69, 9.17) is 5.11 Å². The first-order valence-electron chi connectivity index (χ1n) is 6.16. The summed E-state index contributed by atoms with van der Waals surface area (Å²) < 4.78 is 0. The van der Waals surface area contributed by atoms with Crippen molar-refractivity contribution in [2.24, 2.45) is 5.92 Å². The van der Waals surface area contributed by atoms with Crippen LogP contribution in [-0.4, -0.2) is 50.9 Å². The molecular formula is C12H19N3O3. The van der Waals surface area contributed by atoms with E-state index in [1.54, 1.807) is 6.92 Å². The largest absolute Gasteiger partial charge is 0.396 e. The van der Waals surface area contributed by atoms with Crippen molar-refractivity contribution in [2.45, 2.75) is 26.0 Å². The Bertz CT molecular complexity index is 460. The highest BCUT2D eigenvalue weighted by Crippen LogP contribution is 2.18. The van der Waals surface area contributed by atoms with Crippen LogP contribution in [0.1, 0.15) is 17.9 Å². The van der Waals surface area contributed by atoms with Crippen molar-refractivity contribution in [1.29, 1.82) is 0 Å². The van der Waals surface area contributed by atoms with Gasteiger partial charge in [-0.1, -0.05) is 0 Å². The molecule has 1 aliphatic rings. The van der Waals surface area contributed by atoms with E-state index in [-0.39, 0.29) is 18.1 Å². The van der Waals surface area contributed by atoms with Crippen LogP contribution < -0.4 is 5.56 Å². The molecule has 1 fully saturated rings. The van der Waals surface area contributed by atoms with Gasteiger partial charge in [0.05, 0.1) is 11.8 Å². The third-order valence-corrected chi connectivity index (χ3v) is 3.34. The molecule has 3 N–H and O–H groups in total. The molecule has 1 aromatic heterocycles. The predicted molar refractivity (Wildman–Crippen MR) is 66.1 cm³/mol. The molecule has 1 aromatic rings. The van der Waals surface area contributed by atoms with Gasteiger partial charge >= 0.3 is 0 Å². The maximum Gasteiger partial charge on any atom is 0.251 e. The number of aromatic nitrogens is 2. The number of hydrogen-bond acceptors (Lipinski definition) is 5. The number of nitrogens with zero attached hydrogens (tertiary/aromatic N) is 2. The lowest BCUT2D eigenvalue weighted by Crippen LogP contribution is -2.44. The Morgan fingerprint density at radius 2 is 2.39 bits per heavy atom. The highest BCUT2D eigenvalue weighted by molar-refractivity contribution is 5.02. The van der Waals surface area contributed by atoms with E-state index in [1.807, 2.05) is 0 Å². The van der Waals surface area contributed by atoms with Crippen LogP contribution in [0.25, 0.3) is 0 Å². The number of rotatable bonds is 3. The highest BCUT2D eigenvalue weighted by Gasteiger charge is 2.27. The van der Waals surface area contributed by atoms with Crippen molar-refractivity contribution in [3.63, 3.8) is 0 Å². The average molecular weight is 253 g/mol. The Morgan fingerprint density at radius 3 is 3.00 bits per heavy atom. The summed E-state index contributed by atoms with van der Waals surface area (Å²) in [5, 5.41) is 18.9. The maximum atomic E-state index is 11.3. The maximum absolute atomic E-state index is 11.3. The van der Waals surface area contributed by atoms with Gasteiger partial charge in [0.15, 0.2) is 0 Å². The molecule has 1 aliphatic heterocycles. The predicted octanol–water partition coefficient (Wildman–Crippen LogP) is -0.747. The van der Waals surface area contributed by atoms with Gasteiger partial charge in [-0.15, -0.1) is 0 Å². The van der Waals surface area contributed by atoms with Gasteiger partial charge in [0.1, 0.15) is 5.82 Å². The molecule has 1 saturated heterocycles. The number of aryl methyl sites for hydroxylation is 1. The second-order valence-corrected chi connectivity index (χ2v) is 4.86. The van der Waals surface area contributed by atoms with Gasteiger partial charge < -0.3 is 15.2 Å². The third kappa shape index (κ3) is 3.16. The zero-order valence-electron chi connectivity index (χ0n) is 10.5. The van der Waals surface area contributed by atoms with E-state index < -0.39 is 6.10 Å². The van der Waals surface area contributed by atoms with Gasteiger partial charge in [-0.05, 0) is 19.9 Å². The van der Waals surface area contributed by atoms with Gasteiger partial charge in [0.25, 0.3) is 5.56 Å². The number of piperidine rings is 1. The molecule has 2 atom stereocenters. The van der Waals surface area contributed by atoms with E-state index in [2.05, 4.69) is 14.9 Å². The molecule has 6 heteroatoms. The number of aliphatic hydroxyl groups is 2. The van der Waals surface area contributed by atoms with Crippen LogP contribution in [0.5, 0.6) is 0 Å². The smallest absolute Gasteiger partial charge is 0.251 e. The minimum atomic E-state index is -0.508. The SMILES string of the molecule is Cc1nc(CN2CC[C@H](CO)[C@H](O)C2)cc(=O)[nH]1. The topological polar surface area (TPSA) is 89.4 Å². The van der Waals surface area contributed by atoms with Gasteiger partial charge in [0, 0.05) is 31.7 Å². The number of likely N-dealkylation sites (tertiary alicyclic amines) is 1. The summed E-state index contributed by atoms with van der Waals surface area (Å²) in [7, 11) is 0. The second-order valence-electron chi connectivity index (χ2n) is 4.86. The minimum absolute atomic E-state index is 0.0252. The molecule has 0 aliphatic carbocycles. The molecule has 0 bridgehead atoms. The number of β-amino-alcohol motifs (C(OH)–C–C–N with tert-alkyl or cyclic N) is 1. The molecule has 6 nitrogen and oxygen atoms in total. The van der Waals surface area contributed by atoms with Gasteiger partial charge in [-0.25, -0.2) is 4.98 Å². The normalized spacial score (nSPS) is 25.3. The third-order valence-electron chi connectivity index (χ3n) is 3.34. The summed E-state index contributed by atoms with van der Waals surface area (Å²) in [4.78, 5) is 20.2. The standard InChI is InChI=1S/C12H19N3O3/c1-8-13-10(4-12(18)14-8)5-15-3-2-9(7-16)11(17)6-15/h4,9,11,16-17H,2-3,5-7H2,1H3,(H,13,14,18)/t9-,11-/m1/s1. The molecule has 18 heavy (non-hydrogen) atoms. The van der Waals surface area contributed by atoms with E-state index in [1.165, 1.54) is 6.07 Å². The Morgan fingerprint density at radius 1 is 1.61 bits per heavy atom. The number of hydrogen-bond donors (Lipinski definition) is 3. The molecule has 0 unspecified atom stereocenters. The fraction of sp³-hybridized carbons (Fsp3) is 0.667. The molecule has 0 radical (unpaired) electrons. The number of aromatic amines is 1. The van der Waals surface area contributed by atoms with Crippen molar-refractivity contribution in [2.75, 3.05) is 19.7 Å². The molecule has 2 rings (SSSR count). The van der Waals surface area contributed by atoms with E-state index in [9.17, 15) is 9.90 Å². The van der Waals surface area contributed by atoms with Crippen LogP contribution in [0.4, 0.5) is 0 Å². The zero-order valence-corrected chi connectivity index (χ0v) is 10.5. The Balaban J connectivity index is 2.00. The monoisotopic (exact) mass is 253 g/mol. The Hall–Kier alpha value is -1.24. The van der Waals surface area contributed by atoms with Crippen LogP contribution in [-0.2, 0) is 6.54 Å². The number of nitrogens with one attached hydrogen (secondary N) is 1. The summed E-state index contributed by atoms with van der Waals surface area (Å²) in [6, 6.07) is 1.48. The van der Waals surface area contributed by atoms with Crippen molar-refractivity contribution in [3.8, 4) is 0 Å². The number of aliphatic hydroxyl groups excluding tert-OH is 2. The summed E-state index contributed by atoms with van der Waals surface area (Å²) in [5.41, 5.74) is 0.564. The molecule has 0 aromatic carbocycles. The molecular weight excluding hydrogens is 234 g/mol. The van der Waals surface area contributed by atoms with Gasteiger partial charge in [0.2, 0.25) is 0 Å². The summed E-state index contributed by atoms with van der Waals surface area (Å²) in [6.07, 6.45) is 0.256. The summed E-state index contributed by atoms with van der Waals surface area (Å²) in [5.74, 6) is 0.568. The quantitative estimate of drug-likeness (QED) is 0.660. The van der Waals surface area contributed by atoms with Crippen LogP contribution in [0.2, 0.25) is 0 Å². The summed E-state index contributed by atoms with van der Waals surface area (Å²) in [6.45, 7) is 3.64. The fourth-order valence-electron chi connectivity index (χ4n) is 2.35.